The molecular weight excluding hydrogens is 689 g/mol. The van der Waals surface area contributed by atoms with Crippen LogP contribution in [0.25, 0.3) is 10.2 Å². The van der Waals surface area contributed by atoms with Crippen molar-refractivity contribution in [3.05, 3.63) is 63.5 Å². The molecule has 0 aliphatic carbocycles. The van der Waals surface area contributed by atoms with E-state index in [0.29, 0.717) is 101 Å². The van der Waals surface area contributed by atoms with Gasteiger partial charge in [0.05, 0.1) is 70.3 Å². The van der Waals surface area contributed by atoms with Crippen LogP contribution in [-0.2, 0) is 35.0 Å². The molecule has 4 rings (SSSR count). The Balaban J connectivity index is 1.08. The zero-order valence-corrected chi connectivity index (χ0v) is 31.5. The number of rotatable bonds is 18. The fourth-order valence-corrected chi connectivity index (χ4v) is 6.43. The first-order chi connectivity index (χ1) is 24.9. The van der Waals surface area contributed by atoms with E-state index in [1.54, 1.807) is 26.2 Å². The minimum absolute atomic E-state index is 0.0780. The van der Waals surface area contributed by atoms with Gasteiger partial charge in [-0.1, -0.05) is 49.1 Å². The maximum absolute atomic E-state index is 13.3. The van der Waals surface area contributed by atoms with E-state index >= 15 is 0 Å². The van der Waals surface area contributed by atoms with Crippen molar-refractivity contribution in [2.24, 2.45) is 0 Å². The number of thiophene rings is 1. The van der Waals surface area contributed by atoms with Gasteiger partial charge in [-0.05, 0) is 45.1 Å². The van der Waals surface area contributed by atoms with Crippen molar-refractivity contribution in [1.29, 1.82) is 0 Å². The summed E-state index contributed by atoms with van der Waals surface area (Å²) in [6, 6.07) is 9.99. The third-order valence-electron chi connectivity index (χ3n) is 8.34. The fraction of sp³-hybridized carbons (Fsp3) is 0.579. The van der Waals surface area contributed by atoms with Crippen LogP contribution in [0.5, 0.6) is 0 Å². The zero-order valence-electron chi connectivity index (χ0n) is 30.7. The highest BCUT2D eigenvalue weighted by Gasteiger charge is 2.35. The highest BCUT2D eigenvalue weighted by atomic mass is 32.1. The Kier molecular flexibility index (Phi) is 16.1. The molecule has 2 amide bonds. The van der Waals surface area contributed by atoms with Crippen molar-refractivity contribution in [1.82, 2.24) is 19.8 Å². The Morgan fingerprint density at radius 2 is 1.63 bits per heavy atom. The number of hydrogen-bond donors (Lipinski definition) is 2. The van der Waals surface area contributed by atoms with Crippen LogP contribution >= 0.6 is 11.3 Å². The summed E-state index contributed by atoms with van der Waals surface area (Å²) in [5.41, 5.74) is 0.465. The van der Waals surface area contributed by atoms with Gasteiger partial charge in [0.15, 0.2) is 0 Å². The van der Waals surface area contributed by atoms with Gasteiger partial charge in [0, 0.05) is 31.4 Å². The number of likely N-dealkylation sites (tertiary alicyclic amines) is 1. The summed E-state index contributed by atoms with van der Waals surface area (Å²) in [7, 11) is 0. The standard InChI is InChI=1S/C38H52N4O9S/c1-29(30-9-6-5-7-10-30)25-32(43)41-15-12-38(46,13-16-41)27-42-28-40-33-31(26-52-34(33)35(42)44)11-8-17-47-19-21-49-23-24-50-22-20-48-18-14-39-36(45)51-37(2,3)4/h5-7,9-10,26,28-29,46H,12-25,27H2,1-4H3,(H,39,45)/t29-/m1/s1. The summed E-state index contributed by atoms with van der Waals surface area (Å²) in [5.74, 6) is 6.20. The number of carbonyl (C=O) groups is 2. The molecule has 0 spiro atoms. The minimum Gasteiger partial charge on any atom is -0.444 e. The van der Waals surface area contributed by atoms with Crippen LogP contribution < -0.4 is 10.9 Å². The quantitative estimate of drug-likeness (QED) is 0.145. The van der Waals surface area contributed by atoms with E-state index in [4.69, 9.17) is 23.7 Å². The van der Waals surface area contributed by atoms with Crippen LogP contribution in [-0.4, -0.2) is 115 Å². The molecule has 3 heterocycles. The number of amides is 2. The van der Waals surface area contributed by atoms with Gasteiger partial charge in [0.25, 0.3) is 5.56 Å². The number of nitrogens with one attached hydrogen (secondary N) is 1. The Labute approximate surface area is 309 Å². The van der Waals surface area contributed by atoms with Gasteiger partial charge >= 0.3 is 6.09 Å². The van der Waals surface area contributed by atoms with E-state index in [1.807, 2.05) is 35.2 Å². The van der Waals surface area contributed by atoms with Crippen LogP contribution in [0, 0.1) is 11.8 Å². The number of fused-ring (bicyclic) bond motifs is 1. The number of ether oxygens (including phenoxy) is 5. The lowest BCUT2D eigenvalue weighted by molar-refractivity contribution is -0.136. The van der Waals surface area contributed by atoms with Crippen LogP contribution in [0.15, 0.2) is 46.8 Å². The average Bonchev–Trinajstić information content (AvgIpc) is 3.52. The summed E-state index contributed by atoms with van der Waals surface area (Å²) in [4.78, 5) is 44.1. The molecule has 284 valence electrons. The first-order valence-electron chi connectivity index (χ1n) is 17.7. The number of piperidine rings is 1. The van der Waals surface area contributed by atoms with E-state index in [1.165, 1.54) is 22.2 Å². The van der Waals surface area contributed by atoms with Gasteiger partial charge in [0.2, 0.25) is 5.91 Å². The molecule has 14 heteroatoms. The van der Waals surface area contributed by atoms with Gasteiger partial charge < -0.3 is 39.0 Å². The molecule has 0 radical (unpaired) electrons. The van der Waals surface area contributed by atoms with Crippen molar-refractivity contribution in [3.8, 4) is 11.8 Å². The second-order valence-corrected chi connectivity index (χ2v) is 14.6. The molecule has 52 heavy (non-hydrogen) atoms. The van der Waals surface area contributed by atoms with Crippen molar-refractivity contribution in [2.45, 2.75) is 70.6 Å². The van der Waals surface area contributed by atoms with Crippen LogP contribution in [0.3, 0.4) is 0 Å². The first-order valence-corrected chi connectivity index (χ1v) is 18.6. The number of nitrogens with zero attached hydrogens (tertiary/aromatic N) is 3. The topological polar surface area (TPSA) is 151 Å². The highest BCUT2D eigenvalue weighted by Crippen LogP contribution is 2.27. The Bertz CT molecular complexity index is 1690. The van der Waals surface area contributed by atoms with Crippen LogP contribution in [0.1, 0.15) is 64.0 Å². The van der Waals surface area contributed by atoms with E-state index in [2.05, 4.69) is 29.1 Å². The summed E-state index contributed by atoms with van der Waals surface area (Å²) in [6.07, 6.45) is 2.19. The number of aliphatic hydroxyl groups is 1. The van der Waals surface area contributed by atoms with Crippen molar-refractivity contribution < 1.29 is 38.4 Å². The number of benzene rings is 1. The third-order valence-corrected chi connectivity index (χ3v) is 9.29. The lowest BCUT2D eigenvalue weighted by atomic mass is 9.90. The monoisotopic (exact) mass is 740 g/mol. The maximum Gasteiger partial charge on any atom is 0.407 e. The largest absolute Gasteiger partial charge is 0.444 e. The van der Waals surface area contributed by atoms with Gasteiger partial charge in [-0.3, -0.25) is 14.2 Å². The molecule has 0 saturated carbocycles. The molecule has 0 bridgehead atoms. The minimum atomic E-state index is -1.10. The molecule has 1 aliphatic rings. The van der Waals surface area contributed by atoms with Crippen LogP contribution in [0.2, 0.25) is 0 Å². The molecular formula is C38H52N4O9S. The van der Waals surface area contributed by atoms with Gasteiger partial charge in [0.1, 0.15) is 22.4 Å². The maximum atomic E-state index is 13.3. The number of alkyl carbamates (subject to hydrolysis) is 1. The molecule has 2 N–H and O–H groups in total. The zero-order chi connectivity index (χ0) is 37.4. The lowest BCUT2D eigenvalue weighted by Crippen LogP contribution is -2.49. The molecule has 1 aromatic carbocycles. The number of carbonyl (C=O) groups excluding carboxylic acids is 2. The number of hydrogen-bond acceptors (Lipinski definition) is 11. The van der Waals surface area contributed by atoms with E-state index < -0.39 is 17.3 Å². The Morgan fingerprint density at radius 3 is 2.29 bits per heavy atom. The molecule has 2 aromatic heterocycles. The van der Waals surface area contributed by atoms with Gasteiger partial charge in [-0.25, -0.2) is 9.78 Å². The molecule has 1 atom stereocenters. The molecule has 0 unspecified atom stereocenters. The predicted molar refractivity (Wildman–Crippen MR) is 199 cm³/mol. The lowest BCUT2D eigenvalue weighted by Gasteiger charge is -2.38. The Hall–Kier alpha value is -3.84. The summed E-state index contributed by atoms with van der Waals surface area (Å²) >= 11 is 1.28. The molecule has 1 aliphatic heterocycles. The molecule has 13 nitrogen and oxygen atoms in total. The first kappa shape index (κ1) is 40.9. The van der Waals surface area contributed by atoms with Crippen LogP contribution in [0.4, 0.5) is 4.79 Å². The van der Waals surface area contributed by atoms with E-state index in [-0.39, 0.29) is 30.5 Å². The van der Waals surface area contributed by atoms with Crippen molar-refractivity contribution in [2.75, 3.05) is 72.5 Å². The summed E-state index contributed by atoms with van der Waals surface area (Å²) < 4.78 is 29.0. The Morgan fingerprint density at radius 1 is 1.00 bits per heavy atom. The fourth-order valence-electron chi connectivity index (χ4n) is 5.53. The highest BCUT2D eigenvalue weighted by molar-refractivity contribution is 7.17. The molecule has 3 aromatic rings. The SMILES string of the molecule is C[C@H](CC(=O)N1CCC(O)(Cn2cnc3c(C#CCOCCOCCOCCOCCNC(=O)OC(C)(C)C)csc3c2=O)CC1)c1ccccc1. The predicted octanol–water partition coefficient (Wildman–Crippen LogP) is 3.95. The van der Waals surface area contributed by atoms with Crippen molar-refractivity contribution in [3.63, 3.8) is 0 Å². The molecule has 1 fully saturated rings. The van der Waals surface area contributed by atoms with Gasteiger partial charge in [-0.15, -0.1) is 11.3 Å². The second kappa shape index (κ2) is 20.4. The van der Waals surface area contributed by atoms with E-state index in [0.717, 1.165) is 5.56 Å². The third kappa shape index (κ3) is 13.6. The number of aromatic nitrogens is 2. The van der Waals surface area contributed by atoms with E-state index in [9.17, 15) is 19.5 Å². The average molecular weight is 741 g/mol. The van der Waals surface area contributed by atoms with Crippen molar-refractivity contribution >= 4 is 33.6 Å². The normalized spacial score (nSPS) is 14.8. The smallest absolute Gasteiger partial charge is 0.407 e. The second-order valence-electron chi connectivity index (χ2n) is 13.7. The van der Waals surface area contributed by atoms with Gasteiger partial charge in [-0.2, -0.15) is 0 Å². The molecule has 1 saturated heterocycles. The summed E-state index contributed by atoms with van der Waals surface area (Å²) in [5, 5.41) is 15.8. The summed E-state index contributed by atoms with van der Waals surface area (Å²) in [6.45, 7) is 11.8.